The van der Waals surface area contributed by atoms with E-state index in [9.17, 15) is 9.59 Å². The summed E-state index contributed by atoms with van der Waals surface area (Å²) in [5, 5.41) is 2.77. The van der Waals surface area contributed by atoms with Crippen molar-refractivity contribution in [3.05, 3.63) is 79.6 Å². The predicted molar refractivity (Wildman–Crippen MR) is 104 cm³/mol. The molecule has 0 fully saturated rings. The van der Waals surface area contributed by atoms with Crippen LogP contribution in [-0.2, 0) is 6.54 Å². The van der Waals surface area contributed by atoms with Gasteiger partial charge in [-0.15, -0.1) is 11.3 Å². The van der Waals surface area contributed by atoms with E-state index >= 15 is 0 Å². The maximum atomic E-state index is 12.4. The van der Waals surface area contributed by atoms with Crippen LogP contribution in [0.15, 0.2) is 53.7 Å². The van der Waals surface area contributed by atoms with Crippen molar-refractivity contribution in [1.82, 2.24) is 9.55 Å². The second-order valence-corrected chi connectivity index (χ2v) is 6.93. The Morgan fingerprint density at radius 1 is 1.27 bits per heavy atom. The number of aromatic nitrogens is 2. The van der Waals surface area contributed by atoms with Crippen LogP contribution in [0.4, 0.5) is 5.69 Å². The maximum Gasteiger partial charge on any atom is 0.265 e. The largest absolute Gasteiger partial charge is 0.320 e. The third kappa shape index (κ3) is 4.20. The van der Waals surface area contributed by atoms with E-state index < -0.39 is 0 Å². The Morgan fingerprint density at radius 2 is 2.04 bits per heavy atom. The first-order valence-electron chi connectivity index (χ1n) is 7.80. The number of nitrogens with zero attached hydrogens (tertiary/aromatic N) is 2. The normalized spacial score (nSPS) is 10.1. The average molecular weight is 384 g/mol. The fourth-order valence-electron chi connectivity index (χ4n) is 2.19. The van der Waals surface area contributed by atoms with Crippen molar-refractivity contribution in [1.29, 1.82) is 0 Å². The van der Waals surface area contributed by atoms with Crippen molar-refractivity contribution < 1.29 is 4.79 Å². The lowest BCUT2D eigenvalue weighted by Crippen LogP contribution is -2.19. The van der Waals surface area contributed by atoms with Crippen molar-refractivity contribution in [2.75, 3.05) is 5.32 Å². The second kappa shape index (κ2) is 8.00. The van der Waals surface area contributed by atoms with Crippen LogP contribution in [0.25, 0.3) is 0 Å². The topological polar surface area (TPSA) is 64.0 Å². The first kappa shape index (κ1) is 17.9. The molecule has 0 aliphatic carbocycles. The van der Waals surface area contributed by atoms with E-state index in [1.165, 1.54) is 10.6 Å². The van der Waals surface area contributed by atoms with Gasteiger partial charge in [0.1, 0.15) is 4.34 Å². The van der Waals surface area contributed by atoms with Gasteiger partial charge in [-0.05, 0) is 31.2 Å². The molecule has 1 amide bonds. The van der Waals surface area contributed by atoms with Gasteiger partial charge in [0.2, 0.25) is 0 Å². The van der Waals surface area contributed by atoms with Crippen LogP contribution in [-0.4, -0.2) is 15.5 Å². The number of halogens is 1. The number of hydrogen-bond donors (Lipinski definition) is 1. The summed E-state index contributed by atoms with van der Waals surface area (Å²) in [5.74, 6) is 5.66. The van der Waals surface area contributed by atoms with E-state index in [0.717, 1.165) is 16.9 Å². The van der Waals surface area contributed by atoms with Gasteiger partial charge in [0.25, 0.3) is 11.5 Å². The SMILES string of the molecule is CCn1cc(NC(=O)c2cc(C#Cc3ccncc3)c(Cl)s2)ccc1=O. The third-order valence-corrected chi connectivity index (χ3v) is 4.87. The zero-order valence-electron chi connectivity index (χ0n) is 13.8. The molecule has 0 atom stereocenters. The Hall–Kier alpha value is -2.88. The molecule has 0 saturated carbocycles. The standard InChI is InChI=1S/C19H14ClN3O2S/c1-2-23-12-15(5-6-17(23)24)22-19(25)16-11-14(18(20)26-16)4-3-13-7-9-21-10-8-13/h5-12H,2H2,1H3,(H,22,25). The fourth-order valence-corrected chi connectivity index (χ4v) is 3.27. The number of nitrogens with one attached hydrogen (secondary N) is 1. The number of anilines is 1. The summed E-state index contributed by atoms with van der Waals surface area (Å²) in [6, 6.07) is 8.25. The molecule has 0 spiro atoms. The second-order valence-electron chi connectivity index (χ2n) is 5.28. The predicted octanol–water partition coefficient (Wildman–Crippen LogP) is 3.63. The number of rotatable bonds is 3. The zero-order chi connectivity index (χ0) is 18.5. The van der Waals surface area contributed by atoms with Crippen LogP contribution < -0.4 is 10.9 Å². The summed E-state index contributed by atoms with van der Waals surface area (Å²) in [5.41, 5.74) is 1.84. The van der Waals surface area contributed by atoms with Gasteiger partial charge >= 0.3 is 0 Å². The minimum Gasteiger partial charge on any atom is -0.320 e. The zero-order valence-corrected chi connectivity index (χ0v) is 15.4. The summed E-state index contributed by atoms with van der Waals surface area (Å²) >= 11 is 7.36. The molecule has 0 bridgehead atoms. The van der Waals surface area contributed by atoms with Crippen LogP contribution in [0.2, 0.25) is 4.34 Å². The minimum absolute atomic E-state index is 0.113. The molecule has 130 valence electrons. The van der Waals surface area contributed by atoms with Gasteiger partial charge in [0.15, 0.2) is 0 Å². The van der Waals surface area contributed by atoms with E-state index in [-0.39, 0.29) is 11.5 Å². The molecular formula is C19H14ClN3O2S. The van der Waals surface area contributed by atoms with Crippen LogP contribution in [0.1, 0.15) is 27.7 Å². The van der Waals surface area contributed by atoms with Crippen LogP contribution in [0, 0.1) is 11.8 Å². The van der Waals surface area contributed by atoms with Crippen molar-refractivity contribution in [3.63, 3.8) is 0 Å². The van der Waals surface area contributed by atoms with Crippen molar-refractivity contribution in [2.24, 2.45) is 0 Å². The van der Waals surface area contributed by atoms with Gasteiger partial charge in [-0.1, -0.05) is 23.4 Å². The van der Waals surface area contributed by atoms with Gasteiger partial charge in [0.05, 0.1) is 16.1 Å². The molecule has 0 radical (unpaired) electrons. The molecule has 0 aliphatic rings. The number of thiophene rings is 1. The monoisotopic (exact) mass is 383 g/mol. The molecule has 26 heavy (non-hydrogen) atoms. The highest BCUT2D eigenvalue weighted by atomic mass is 35.5. The smallest absolute Gasteiger partial charge is 0.265 e. The molecule has 3 aromatic heterocycles. The Labute approximate surface area is 159 Å². The van der Waals surface area contributed by atoms with Gasteiger partial charge in [-0.3, -0.25) is 14.6 Å². The average Bonchev–Trinajstić information content (AvgIpc) is 3.03. The lowest BCUT2D eigenvalue weighted by Gasteiger charge is -2.06. The van der Waals surface area contributed by atoms with E-state index in [1.54, 1.807) is 42.9 Å². The molecule has 3 heterocycles. The summed E-state index contributed by atoms with van der Waals surface area (Å²) in [6.07, 6.45) is 4.93. The summed E-state index contributed by atoms with van der Waals surface area (Å²) in [4.78, 5) is 28.4. The van der Waals surface area contributed by atoms with E-state index in [4.69, 9.17) is 11.6 Å². The molecule has 3 rings (SSSR count). The summed E-state index contributed by atoms with van der Waals surface area (Å²) in [7, 11) is 0. The Kier molecular flexibility index (Phi) is 5.52. The van der Waals surface area contributed by atoms with Gasteiger partial charge < -0.3 is 9.88 Å². The highest BCUT2D eigenvalue weighted by Crippen LogP contribution is 2.27. The van der Waals surface area contributed by atoms with Crippen LogP contribution in [0.3, 0.4) is 0 Å². The van der Waals surface area contributed by atoms with Crippen LogP contribution >= 0.6 is 22.9 Å². The van der Waals surface area contributed by atoms with E-state index in [0.29, 0.717) is 27.0 Å². The van der Waals surface area contributed by atoms with Crippen molar-refractivity contribution >= 4 is 34.5 Å². The minimum atomic E-state index is -0.296. The van der Waals surface area contributed by atoms with Crippen molar-refractivity contribution in [3.8, 4) is 11.8 Å². The molecule has 1 N–H and O–H groups in total. The molecule has 0 aromatic carbocycles. The lowest BCUT2D eigenvalue weighted by atomic mass is 10.2. The Morgan fingerprint density at radius 3 is 2.77 bits per heavy atom. The third-order valence-electron chi connectivity index (χ3n) is 3.51. The fraction of sp³-hybridized carbons (Fsp3) is 0.105. The molecule has 3 aromatic rings. The van der Waals surface area contributed by atoms with Crippen molar-refractivity contribution in [2.45, 2.75) is 13.5 Å². The van der Waals surface area contributed by atoms with E-state index in [1.807, 2.05) is 6.92 Å². The number of pyridine rings is 2. The molecule has 7 heteroatoms. The van der Waals surface area contributed by atoms with Gasteiger partial charge in [0, 0.05) is 36.8 Å². The number of aryl methyl sites for hydroxylation is 1. The van der Waals surface area contributed by atoms with Crippen LogP contribution in [0.5, 0.6) is 0 Å². The molecule has 0 unspecified atom stereocenters. The molecule has 0 saturated heterocycles. The highest BCUT2D eigenvalue weighted by molar-refractivity contribution is 7.18. The number of carbonyl (C=O) groups is 1. The summed E-state index contributed by atoms with van der Waals surface area (Å²) in [6.45, 7) is 2.39. The first-order valence-corrected chi connectivity index (χ1v) is 8.99. The molecule has 0 aliphatic heterocycles. The number of hydrogen-bond acceptors (Lipinski definition) is 4. The number of carbonyl (C=O) groups excluding carboxylic acids is 1. The van der Waals surface area contributed by atoms with E-state index in [2.05, 4.69) is 22.1 Å². The molecule has 5 nitrogen and oxygen atoms in total. The summed E-state index contributed by atoms with van der Waals surface area (Å²) < 4.78 is 1.97. The number of amides is 1. The Balaban J connectivity index is 1.79. The molecular weight excluding hydrogens is 370 g/mol. The highest BCUT2D eigenvalue weighted by Gasteiger charge is 2.13. The van der Waals surface area contributed by atoms with Gasteiger partial charge in [-0.2, -0.15) is 0 Å². The maximum absolute atomic E-state index is 12.4. The quantitative estimate of drug-likeness (QED) is 0.702. The Bertz CT molecular complexity index is 1060. The first-order chi connectivity index (χ1) is 12.6. The lowest BCUT2D eigenvalue weighted by molar-refractivity contribution is 0.103. The van der Waals surface area contributed by atoms with Gasteiger partial charge in [-0.25, -0.2) is 0 Å².